The van der Waals surface area contributed by atoms with Gasteiger partial charge in [0.15, 0.2) is 0 Å². The highest BCUT2D eigenvalue weighted by atomic mass is 19.1. The Balaban J connectivity index is 1.56. The van der Waals surface area contributed by atoms with Crippen molar-refractivity contribution in [2.24, 2.45) is 0 Å². The monoisotopic (exact) mass is 367 g/mol. The molecule has 1 atom stereocenters. The van der Waals surface area contributed by atoms with Crippen molar-refractivity contribution >= 4 is 0 Å². The summed E-state index contributed by atoms with van der Waals surface area (Å²) in [6, 6.07) is 20.2. The molecule has 0 radical (unpaired) electrons. The smallest absolute Gasteiger partial charge is 0.136 e. The molecule has 1 saturated carbocycles. The van der Waals surface area contributed by atoms with E-state index in [2.05, 4.69) is 68.1 Å². The lowest BCUT2D eigenvalue weighted by molar-refractivity contribution is 0.143. The fourth-order valence-electron chi connectivity index (χ4n) is 4.07. The lowest BCUT2D eigenvalue weighted by atomic mass is 9.98. The van der Waals surface area contributed by atoms with Gasteiger partial charge in [0.25, 0.3) is 0 Å². The summed E-state index contributed by atoms with van der Waals surface area (Å²) in [5, 5.41) is 0. The normalized spacial score (nSPS) is 16.7. The molecule has 3 rings (SSSR count). The zero-order valence-corrected chi connectivity index (χ0v) is 17.1. The molecule has 27 heavy (non-hydrogen) atoms. The van der Waals surface area contributed by atoms with E-state index in [1.807, 2.05) is 12.1 Å². The second-order valence-electron chi connectivity index (χ2n) is 8.33. The van der Waals surface area contributed by atoms with Gasteiger partial charge < -0.3 is 0 Å². The first kappa shape index (κ1) is 20.1. The van der Waals surface area contributed by atoms with Crippen molar-refractivity contribution in [1.29, 1.82) is 0 Å². The molecule has 0 amide bonds. The van der Waals surface area contributed by atoms with Crippen LogP contribution in [0, 0.1) is 0 Å². The molecule has 1 aliphatic carbocycles. The predicted molar refractivity (Wildman–Crippen MR) is 113 cm³/mol. The second-order valence-corrected chi connectivity index (χ2v) is 8.33. The van der Waals surface area contributed by atoms with E-state index in [4.69, 9.17) is 0 Å². The van der Waals surface area contributed by atoms with Crippen LogP contribution in [0.3, 0.4) is 0 Å². The first-order valence-electron chi connectivity index (χ1n) is 10.6. The number of halogens is 1. The maximum absolute atomic E-state index is 14.1. The molecule has 146 valence electrons. The van der Waals surface area contributed by atoms with Crippen LogP contribution in [0.2, 0.25) is 0 Å². The van der Waals surface area contributed by atoms with Crippen molar-refractivity contribution < 1.29 is 4.39 Å². The van der Waals surface area contributed by atoms with Gasteiger partial charge in [-0.25, -0.2) is 4.39 Å². The molecule has 2 aromatic carbocycles. The maximum atomic E-state index is 14.1. The van der Waals surface area contributed by atoms with E-state index < -0.39 is 5.67 Å². The van der Waals surface area contributed by atoms with Gasteiger partial charge >= 0.3 is 0 Å². The van der Waals surface area contributed by atoms with Crippen molar-refractivity contribution in [2.75, 3.05) is 6.54 Å². The van der Waals surface area contributed by atoms with Crippen LogP contribution in [0.15, 0.2) is 54.6 Å². The minimum Gasteiger partial charge on any atom is -0.298 e. The van der Waals surface area contributed by atoms with E-state index in [0.29, 0.717) is 24.9 Å². The van der Waals surface area contributed by atoms with Gasteiger partial charge in [0.05, 0.1) is 0 Å². The van der Waals surface area contributed by atoms with Crippen LogP contribution in [0.1, 0.15) is 63.1 Å². The summed E-state index contributed by atoms with van der Waals surface area (Å²) < 4.78 is 14.1. The molecular formula is C25H34FN. The van der Waals surface area contributed by atoms with E-state index in [-0.39, 0.29) is 0 Å². The number of hydrogen-bond acceptors (Lipinski definition) is 1. The minimum absolute atomic E-state index is 0.544. The largest absolute Gasteiger partial charge is 0.298 e. The lowest BCUT2D eigenvalue weighted by Crippen LogP contribution is -2.41. The Morgan fingerprint density at radius 3 is 2.11 bits per heavy atom. The van der Waals surface area contributed by atoms with Crippen LogP contribution in [-0.4, -0.2) is 23.5 Å². The molecule has 2 heteroatoms. The number of rotatable bonds is 10. The van der Waals surface area contributed by atoms with Gasteiger partial charge in [-0.15, -0.1) is 0 Å². The van der Waals surface area contributed by atoms with Crippen molar-refractivity contribution in [3.8, 4) is 0 Å². The van der Waals surface area contributed by atoms with Crippen LogP contribution in [0.4, 0.5) is 4.39 Å². The quantitative estimate of drug-likeness (QED) is 0.475. The van der Waals surface area contributed by atoms with E-state index in [1.165, 1.54) is 17.5 Å². The van der Waals surface area contributed by atoms with Gasteiger partial charge in [0.2, 0.25) is 0 Å². The summed E-state index contributed by atoms with van der Waals surface area (Å²) in [6.45, 7) is 8.01. The summed E-state index contributed by atoms with van der Waals surface area (Å²) in [7, 11) is 0. The highest BCUT2D eigenvalue weighted by molar-refractivity contribution is 5.31. The minimum atomic E-state index is -1.02. The molecule has 1 unspecified atom stereocenters. The lowest BCUT2D eigenvalue weighted by Gasteiger charge is -2.35. The number of hydrogen-bond donors (Lipinski definition) is 0. The zero-order chi connectivity index (χ0) is 19.3. The maximum Gasteiger partial charge on any atom is 0.136 e. The van der Waals surface area contributed by atoms with Crippen LogP contribution >= 0.6 is 0 Å². The van der Waals surface area contributed by atoms with Crippen LogP contribution < -0.4 is 0 Å². The Hall–Kier alpha value is -1.67. The molecule has 2 aromatic rings. The SMILES string of the molecule is CCC(CCc1ccc(C2(F)CC2)cc1)N(CCc1ccccc1)C(C)C. The molecule has 0 heterocycles. The average Bonchev–Trinajstić information content (AvgIpc) is 3.44. The number of aryl methyl sites for hydroxylation is 1. The molecule has 0 aromatic heterocycles. The van der Waals surface area contributed by atoms with Crippen molar-refractivity contribution in [3.63, 3.8) is 0 Å². The summed E-state index contributed by atoms with van der Waals surface area (Å²) in [5.74, 6) is 0. The Morgan fingerprint density at radius 1 is 0.926 bits per heavy atom. The van der Waals surface area contributed by atoms with E-state index >= 15 is 0 Å². The van der Waals surface area contributed by atoms with E-state index in [1.54, 1.807) is 0 Å². The second kappa shape index (κ2) is 9.01. The highest BCUT2D eigenvalue weighted by Gasteiger charge is 2.44. The van der Waals surface area contributed by atoms with E-state index in [0.717, 1.165) is 31.4 Å². The molecule has 0 saturated heterocycles. The van der Waals surface area contributed by atoms with Crippen molar-refractivity contribution in [3.05, 3.63) is 71.3 Å². The van der Waals surface area contributed by atoms with Crippen LogP contribution in [0.5, 0.6) is 0 Å². The third-order valence-corrected chi connectivity index (χ3v) is 6.03. The standard InChI is InChI=1S/C25H34FN/c1-4-24(27(20(2)3)19-16-21-8-6-5-7-9-21)15-12-22-10-13-23(14-11-22)25(26)17-18-25/h5-11,13-14,20,24H,4,12,15-19H2,1-3H3. The molecule has 1 fully saturated rings. The van der Waals surface area contributed by atoms with Gasteiger partial charge in [-0.05, 0) is 69.1 Å². The van der Waals surface area contributed by atoms with Gasteiger partial charge in [0.1, 0.15) is 5.67 Å². The summed E-state index contributed by atoms with van der Waals surface area (Å²) >= 11 is 0. The molecule has 0 N–H and O–H groups in total. The van der Waals surface area contributed by atoms with E-state index in [9.17, 15) is 4.39 Å². The summed E-state index contributed by atoms with van der Waals surface area (Å²) in [6.07, 6.45) is 5.86. The number of alkyl halides is 1. The first-order valence-corrected chi connectivity index (χ1v) is 10.6. The topological polar surface area (TPSA) is 3.24 Å². The van der Waals surface area contributed by atoms with Gasteiger partial charge in [0, 0.05) is 18.6 Å². The van der Waals surface area contributed by atoms with Gasteiger partial charge in [-0.2, -0.15) is 0 Å². The van der Waals surface area contributed by atoms with Crippen molar-refractivity contribution in [2.45, 2.75) is 77.0 Å². The van der Waals surface area contributed by atoms with Gasteiger partial charge in [-0.1, -0.05) is 61.5 Å². The Kier molecular flexibility index (Phi) is 6.70. The number of benzene rings is 2. The Labute approximate surface area is 164 Å². The molecule has 0 bridgehead atoms. The van der Waals surface area contributed by atoms with Crippen molar-refractivity contribution in [1.82, 2.24) is 4.90 Å². The molecule has 0 aliphatic heterocycles. The average molecular weight is 368 g/mol. The third-order valence-electron chi connectivity index (χ3n) is 6.03. The summed E-state index contributed by atoms with van der Waals surface area (Å²) in [5.41, 5.74) is 2.59. The fourth-order valence-corrected chi connectivity index (χ4v) is 4.07. The summed E-state index contributed by atoms with van der Waals surface area (Å²) in [4.78, 5) is 2.65. The fraction of sp³-hybridized carbons (Fsp3) is 0.520. The Bertz CT molecular complexity index is 688. The van der Waals surface area contributed by atoms with Crippen LogP contribution in [0.25, 0.3) is 0 Å². The predicted octanol–water partition coefficient (Wildman–Crippen LogP) is 6.31. The zero-order valence-electron chi connectivity index (χ0n) is 17.1. The molecular weight excluding hydrogens is 333 g/mol. The van der Waals surface area contributed by atoms with Crippen LogP contribution in [-0.2, 0) is 18.5 Å². The van der Waals surface area contributed by atoms with Gasteiger partial charge in [-0.3, -0.25) is 4.90 Å². The highest BCUT2D eigenvalue weighted by Crippen LogP contribution is 2.49. The Morgan fingerprint density at radius 2 is 1.56 bits per heavy atom. The first-order chi connectivity index (χ1) is 13.0. The molecule has 0 spiro atoms. The number of nitrogens with zero attached hydrogens (tertiary/aromatic N) is 1. The third kappa shape index (κ3) is 5.42. The molecule has 1 aliphatic rings. The molecule has 1 nitrogen and oxygen atoms in total.